The maximum atomic E-state index is 4.48. The first kappa shape index (κ1) is 11.9. The average molecular weight is 261 g/mol. The number of fused-ring (bicyclic) bond motifs is 1. The topological polar surface area (TPSA) is 37.0 Å². The summed E-state index contributed by atoms with van der Waals surface area (Å²) in [5.74, 6) is 0. The SMILES string of the molecule is CNC1CCC(Nc2snc3ccccc23)CC1. The molecular weight excluding hydrogens is 242 g/mol. The second-order valence-corrected chi connectivity index (χ2v) is 5.78. The van der Waals surface area contributed by atoms with E-state index in [1.807, 2.05) is 6.07 Å². The normalized spacial score (nSPS) is 24.3. The summed E-state index contributed by atoms with van der Waals surface area (Å²) in [6, 6.07) is 9.68. The molecule has 18 heavy (non-hydrogen) atoms. The van der Waals surface area contributed by atoms with Gasteiger partial charge in [-0.1, -0.05) is 12.1 Å². The summed E-state index contributed by atoms with van der Waals surface area (Å²) in [5, 5.41) is 9.55. The molecule has 0 aliphatic heterocycles. The number of nitrogens with one attached hydrogen (secondary N) is 2. The summed E-state index contributed by atoms with van der Waals surface area (Å²) in [4.78, 5) is 0. The molecule has 1 fully saturated rings. The smallest absolute Gasteiger partial charge is 0.117 e. The maximum absolute atomic E-state index is 4.48. The average Bonchev–Trinajstić information content (AvgIpc) is 2.83. The van der Waals surface area contributed by atoms with Crippen LogP contribution in [0.25, 0.3) is 10.9 Å². The monoisotopic (exact) mass is 261 g/mol. The Balaban J connectivity index is 1.70. The van der Waals surface area contributed by atoms with Crippen LogP contribution in [0.5, 0.6) is 0 Å². The number of aromatic nitrogens is 1. The molecule has 0 spiro atoms. The summed E-state index contributed by atoms with van der Waals surface area (Å²) in [6.07, 6.45) is 5.03. The van der Waals surface area contributed by atoms with Crippen LogP contribution in [0.1, 0.15) is 25.7 Å². The van der Waals surface area contributed by atoms with E-state index in [4.69, 9.17) is 0 Å². The number of hydrogen-bond acceptors (Lipinski definition) is 4. The predicted molar refractivity (Wildman–Crippen MR) is 78.3 cm³/mol. The van der Waals surface area contributed by atoms with Gasteiger partial charge in [-0.15, -0.1) is 0 Å². The van der Waals surface area contributed by atoms with Crippen molar-refractivity contribution in [2.75, 3.05) is 12.4 Å². The highest BCUT2D eigenvalue weighted by Crippen LogP contribution is 2.30. The number of benzene rings is 1. The van der Waals surface area contributed by atoms with E-state index in [0.29, 0.717) is 12.1 Å². The van der Waals surface area contributed by atoms with Crippen molar-refractivity contribution < 1.29 is 0 Å². The van der Waals surface area contributed by atoms with Gasteiger partial charge in [0.2, 0.25) is 0 Å². The molecule has 1 aromatic heterocycles. The fraction of sp³-hybridized carbons (Fsp3) is 0.500. The number of rotatable bonds is 3. The Morgan fingerprint density at radius 3 is 2.61 bits per heavy atom. The Hall–Kier alpha value is -1.13. The van der Waals surface area contributed by atoms with Crippen molar-refractivity contribution in [3.05, 3.63) is 24.3 Å². The predicted octanol–water partition coefficient (Wildman–Crippen LogP) is 3.24. The van der Waals surface area contributed by atoms with E-state index in [0.717, 1.165) is 5.52 Å². The Labute approximate surface area is 112 Å². The summed E-state index contributed by atoms with van der Waals surface area (Å²) in [5.41, 5.74) is 1.11. The number of nitrogens with zero attached hydrogens (tertiary/aromatic N) is 1. The molecular formula is C14H19N3S. The molecule has 2 N–H and O–H groups in total. The van der Waals surface area contributed by atoms with Crippen LogP contribution in [0.3, 0.4) is 0 Å². The Morgan fingerprint density at radius 2 is 1.83 bits per heavy atom. The Bertz CT molecular complexity index is 514. The standard InChI is InChI=1S/C14H19N3S/c1-15-10-6-8-11(9-7-10)16-14-12-4-2-3-5-13(12)17-18-14/h2-5,10-11,15-16H,6-9H2,1H3. The molecule has 1 aliphatic carbocycles. The largest absolute Gasteiger partial charge is 0.372 e. The third-order valence-corrected chi connectivity index (χ3v) is 4.66. The number of hydrogen-bond donors (Lipinski definition) is 2. The van der Waals surface area contributed by atoms with Crippen LogP contribution >= 0.6 is 11.5 Å². The quantitative estimate of drug-likeness (QED) is 0.890. The third-order valence-electron chi connectivity index (χ3n) is 3.85. The summed E-state index contributed by atoms with van der Waals surface area (Å²) in [6.45, 7) is 0. The second-order valence-electron chi connectivity index (χ2n) is 5.01. The van der Waals surface area contributed by atoms with Gasteiger partial charge in [-0.3, -0.25) is 0 Å². The molecule has 0 unspecified atom stereocenters. The molecule has 4 heteroatoms. The van der Waals surface area contributed by atoms with Crippen LogP contribution in [0, 0.1) is 0 Å². The molecule has 3 rings (SSSR count). The van der Waals surface area contributed by atoms with Gasteiger partial charge in [0.25, 0.3) is 0 Å². The first-order valence-corrected chi connectivity index (χ1v) is 7.42. The molecule has 3 nitrogen and oxygen atoms in total. The van der Waals surface area contributed by atoms with Gasteiger partial charge in [-0.2, -0.15) is 4.37 Å². The van der Waals surface area contributed by atoms with E-state index in [1.165, 1.54) is 36.1 Å². The molecule has 1 saturated carbocycles. The van der Waals surface area contributed by atoms with Crippen molar-refractivity contribution in [2.24, 2.45) is 0 Å². The molecule has 1 aromatic carbocycles. The van der Waals surface area contributed by atoms with Crippen molar-refractivity contribution >= 4 is 27.4 Å². The van der Waals surface area contributed by atoms with Gasteiger partial charge in [0.05, 0.1) is 5.52 Å². The van der Waals surface area contributed by atoms with E-state index < -0.39 is 0 Å². The molecule has 0 amide bonds. The first-order valence-electron chi connectivity index (χ1n) is 6.65. The molecule has 96 valence electrons. The van der Waals surface area contributed by atoms with E-state index in [1.54, 1.807) is 11.5 Å². The van der Waals surface area contributed by atoms with Gasteiger partial charge in [-0.25, -0.2) is 0 Å². The molecule has 1 aliphatic rings. The Morgan fingerprint density at radius 1 is 1.11 bits per heavy atom. The van der Waals surface area contributed by atoms with Crippen molar-refractivity contribution in [3.63, 3.8) is 0 Å². The summed E-state index contributed by atoms with van der Waals surface area (Å²) >= 11 is 1.59. The van der Waals surface area contributed by atoms with Crippen LogP contribution in [-0.2, 0) is 0 Å². The van der Waals surface area contributed by atoms with E-state index in [2.05, 4.69) is 40.3 Å². The minimum Gasteiger partial charge on any atom is -0.372 e. The van der Waals surface area contributed by atoms with Gasteiger partial charge in [0.1, 0.15) is 5.00 Å². The van der Waals surface area contributed by atoms with E-state index >= 15 is 0 Å². The zero-order chi connectivity index (χ0) is 12.4. The molecule has 0 radical (unpaired) electrons. The lowest BCUT2D eigenvalue weighted by molar-refractivity contribution is 0.372. The maximum Gasteiger partial charge on any atom is 0.117 e. The van der Waals surface area contributed by atoms with Crippen LogP contribution in [0.4, 0.5) is 5.00 Å². The van der Waals surface area contributed by atoms with E-state index in [9.17, 15) is 0 Å². The molecule has 0 saturated heterocycles. The minimum atomic E-state index is 0.610. The van der Waals surface area contributed by atoms with Gasteiger partial charge in [0.15, 0.2) is 0 Å². The van der Waals surface area contributed by atoms with Crippen molar-refractivity contribution in [3.8, 4) is 0 Å². The summed E-state index contributed by atoms with van der Waals surface area (Å²) in [7, 11) is 2.06. The van der Waals surface area contributed by atoms with Crippen LogP contribution in [0.15, 0.2) is 24.3 Å². The van der Waals surface area contributed by atoms with Crippen LogP contribution in [0.2, 0.25) is 0 Å². The molecule has 0 atom stereocenters. The first-order chi connectivity index (χ1) is 8.86. The lowest BCUT2D eigenvalue weighted by atomic mass is 9.91. The van der Waals surface area contributed by atoms with Crippen LogP contribution in [-0.4, -0.2) is 23.5 Å². The van der Waals surface area contributed by atoms with Gasteiger partial charge < -0.3 is 10.6 Å². The number of anilines is 1. The minimum absolute atomic E-state index is 0.610. The Kier molecular flexibility index (Phi) is 3.48. The molecule has 0 bridgehead atoms. The summed E-state index contributed by atoms with van der Waals surface area (Å²) < 4.78 is 4.48. The zero-order valence-electron chi connectivity index (χ0n) is 10.6. The lowest BCUT2D eigenvalue weighted by Crippen LogP contribution is -2.34. The van der Waals surface area contributed by atoms with Crippen molar-refractivity contribution in [1.29, 1.82) is 0 Å². The zero-order valence-corrected chi connectivity index (χ0v) is 11.5. The molecule has 2 aromatic rings. The lowest BCUT2D eigenvalue weighted by Gasteiger charge is -2.29. The van der Waals surface area contributed by atoms with Crippen LogP contribution < -0.4 is 10.6 Å². The van der Waals surface area contributed by atoms with Crippen molar-refractivity contribution in [1.82, 2.24) is 9.69 Å². The van der Waals surface area contributed by atoms with Gasteiger partial charge >= 0.3 is 0 Å². The van der Waals surface area contributed by atoms with Gasteiger partial charge in [0, 0.05) is 17.5 Å². The second kappa shape index (κ2) is 5.24. The third kappa shape index (κ3) is 2.35. The van der Waals surface area contributed by atoms with E-state index in [-0.39, 0.29) is 0 Å². The fourth-order valence-corrected chi connectivity index (χ4v) is 3.54. The molecule has 1 heterocycles. The van der Waals surface area contributed by atoms with Gasteiger partial charge in [-0.05, 0) is 56.4 Å². The highest BCUT2D eigenvalue weighted by molar-refractivity contribution is 7.11. The fourth-order valence-electron chi connectivity index (χ4n) is 2.71. The highest BCUT2D eigenvalue weighted by Gasteiger charge is 2.20. The highest BCUT2D eigenvalue weighted by atomic mass is 32.1. The van der Waals surface area contributed by atoms with Crippen molar-refractivity contribution in [2.45, 2.75) is 37.8 Å².